The van der Waals surface area contributed by atoms with E-state index < -0.39 is 12.0 Å². The van der Waals surface area contributed by atoms with Crippen LogP contribution in [0.5, 0.6) is 0 Å². The summed E-state index contributed by atoms with van der Waals surface area (Å²) in [5.41, 5.74) is 0. The first-order valence-corrected chi connectivity index (χ1v) is 4.28. The van der Waals surface area contributed by atoms with Gasteiger partial charge in [-0.15, -0.1) is 6.58 Å². The van der Waals surface area contributed by atoms with Gasteiger partial charge in [-0.05, 0) is 6.07 Å². The van der Waals surface area contributed by atoms with E-state index in [0.717, 1.165) is 0 Å². The number of hydrogen-bond donors (Lipinski definition) is 2. The molecule has 1 rings (SSSR count). The Labute approximate surface area is 82.0 Å². The SMILES string of the molecule is C=CCNC(Cn1cccn1)C(=O)O. The molecule has 0 aromatic carbocycles. The summed E-state index contributed by atoms with van der Waals surface area (Å²) >= 11 is 0. The molecule has 0 aliphatic rings. The maximum absolute atomic E-state index is 10.8. The van der Waals surface area contributed by atoms with Crippen LogP contribution in [0.1, 0.15) is 0 Å². The number of carboxylic acids is 1. The number of aromatic nitrogens is 2. The van der Waals surface area contributed by atoms with E-state index in [2.05, 4.69) is 17.0 Å². The van der Waals surface area contributed by atoms with E-state index in [9.17, 15) is 4.79 Å². The number of nitrogens with one attached hydrogen (secondary N) is 1. The topological polar surface area (TPSA) is 67.2 Å². The Morgan fingerprint density at radius 1 is 1.79 bits per heavy atom. The summed E-state index contributed by atoms with van der Waals surface area (Å²) in [5.74, 6) is -0.887. The Bertz CT molecular complexity index is 295. The van der Waals surface area contributed by atoms with E-state index in [-0.39, 0.29) is 0 Å². The predicted octanol–water partition coefficient (Wildman–Crippen LogP) is 0.112. The van der Waals surface area contributed by atoms with Gasteiger partial charge < -0.3 is 5.11 Å². The molecule has 1 atom stereocenters. The maximum atomic E-state index is 10.8. The van der Waals surface area contributed by atoms with Crippen molar-refractivity contribution in [1.82, 2.24) is 15.1 Å². The number of hydrogen-bond acceptors (Lipinski definition) is 3. The van der Waals surface area contributed by atoms with Crippen LogP contribution in [-0.2, 0) is 11.3 Å². The van der Waals surface area contributed by atoms with E-state index in [4.69, 9.17) is 5.11 Å². The molecule has 0 radical (unpaired) electrons. The Balaban J connectivity index is 2.51. The molecular weight excluding hydrogens is 182 g/mol. The molecule has 0 aliphatic heterocycles. The summed E-state index contributed by atoms with van der Waals surface area (Å²) in [7, 11) is 0. The van der Waals surface area contributed by atoms with Crippen molar-refractivity contribution in [3.63, 3.8) is 0 Å². The van der Waals surface area contributed by atoms with Crippen molar-refractivity contribution in [2.75, 3.05) is 6.54 Å². The zero-order valence-electron chi connectivity index (χ0n) is 7.76. The van der Waals surface area contributed by atoms with Gasteiger partial charge in [0.05, 0.1) is 6.54 Å². The highest BCUT2D eigenvalue weighted by atomic mass is 16.4. The third-order valence-corrected chi connectivity index (χ3v) is 1.74. The molecule has 0 saturated heterocycles. The smallest absolute Gasteiger partial charge is 0.322 e. The van der Waals surface area contributed by atoms with Crippen molar-refractivity contribution in [2.45, 2.75) is 12.6 Å². The van der Waals surface area contributed by atoms with Crippen molar-refractivity contribution >= 4 is 5.97 Å². The van der Waals surface area contributed by atoms with Crippen LogP contribution >= 0.6 is 0 Å². The summed E-state index contributed by atoms with van der Waals surface area (Å²) in [4.78, 5) is 10.8. The van der Waals surface area contributed by atoms with Crippen molar-refractivity contribution in [1.29, 1.82) is 0 Å². The Morgan fingerprint density at radius 2 is 2.57 bits per heavy atom. The summed E-state index contributed by atoms with van der Waals surface area (Å²) in [5, 5.41) is 15.6. The van der Waals surface area contributed by atoms with Gasteiger partial charge in [0.1, 0.15) is 6.04 Å². The molecule has 1 aromatic heterocycles. The van der Waals surface area contributed by atoms with Gasteiger partial charge in [0, 0.05) is 18.9 Å². The van der Waals surface area contributed by atoms with Crippen molar-refractivity contribution < 1.29 is 9.90 Å². The lowest BCUT2D eigenvalue weighted by Crippen LogP contribution is -2.40. The fourth-order valence-electron chi connectivity index (χ4n) is 1.05. The normalized spacial score (nSPS) is 12.3. The van der Waals surface area contributed by atoms with E-state index in [1.165, 1.54) is 0 Å². The van der Waals surface area contributed by atoms with E-state index in [1.54, 1.807) is 29.2 Å². The lowest BCUT2D eigenvalue weighted by Gasteiger charge is -2.12. The molecule has 2 N–H and O–H groups in total. The van der Waals surface area contributed by atoms with Gasteiger partial charge in [-0.25, -0.2) is 0 Å². The zero-order chi connectivity index (χ0) is 10.4. The molecule has 1 unspecified atom stereocenters. The maximum Gasteiger partial charge on any atom is 0.322 e. The standard InChI is InChI=1S/C9H13N3O2/c1-2-4-10-8(9(13)14)7-12-6-3-5-11-12/h2-3,5-6,8,10H,1,4,7H2,(H,13,14). The largest absolute Gasteiger partial charge is 0.480 e. The molecule has 14 heavy (non-hydrogen) atoms. The summed E-state index contributed by atoms with van der Waals surface area (Å²) in [6, 6.07) is 1.12. The minimum absolute atomic E-state index is 0.316. The quantitative estimate of drug-likeness (QED) is 0.632. The molecule has 0 amide bonds. The zero-order valence-corrected chi connectivity index (χ0v) is 7.76. The minimum Gasteiger partial charge on any atom is -0.480 e. The van der Waals surface area contributed by atoms with E-state index >= 15 is 0 Å². The van der Waals surface area contributed by atoms with Gasteiger partial charge in [0.2, 0.25) is 0 Å². The third kappa shape index (κ3) is 3.02. The fourth-order valence-corrected chi connectivity index (χ4v) is 1.05. The van der Waals surface area contributed by atoms with Gasteiger partial charge in [0.15, 0.2) is 0 Å². The fraction of sp³-hybridized carbons (Fsp3) is 0.333. The molecule has 0 fully saturated rings. The van der Waals surface area contributed by atoms with Crippen molar-refractivity contribution in [2.24, 2.45) is 0 Å². The average molecular weight is 195 g/mol. The van der Waals surface area contributed by atoms with Gasteiger partial charge in [-0.2, -0.15) is 5.10 Å². The number of carboxylic acid groups (broad SMARTS) is 1. The average Bonchev–Trinajstić information content (AvgIpc) is 2.64. The molecule has 1 heterocycles. The molecule has 1 aromatic rings. The van der Waals surface area contributed by atoms with Crippen LogP contribution in [0.4, 0.5) is 0 Å². The summed E-state index contributed by atoms with van der Waals surface area (Å²) < 4.78 is 1.58. The van der Waals surface area contributed by atoms with Crippen LogP contribution in [0.2, 0.25) is 0 Å². The molecule has 5 heteroatoms. The second-order valence-corrected chi connectivity index (χ2v) is 2.82. The van der Waals surface area contributed by atoms with Gasteiger partial charge in [0.25, 0.3) is 0 Å². The first kappa shape index (κ1) is 10.5. The van der Waals surface area contributed by atoms with E-state index in [0.29, 0.717) is 13.1 Å². The molecular formula is C9H13N3O2. The van der Waals surface area contributed by atoms with Crippen LogP contribution in [-0.4, -0.2) is 33.4 Å². The Morgan fingerprint density at radius 3 is 3.07 bits per heavy atom. The van der Waals surface area contributed by atoms with E-state index in [1.807, 2.05) is 0 Å². The highest BCUT2D eigenvalue weighted by molar-refractivity contribution is 5.73. The van der Waals surface area contributed by atoms with Gasteiger partial charge in [-0.1, -0.05) is 6.08 Å². The van der Waals surface area contributed by atoms with Crippen LogP contribution in [0.15, 0.2) is 31.1 Å². The highest BCUT2D eigenvalue weighted by Crippen LogP contribution is 1.91. The number of carbonyl (C=O) groups is 1. The molecule has 0 saturated carbocycles. The first-order valence-electron chi connectivity index (χ1n) is 4.28. The molecule has 0 bridgehead atoms. The lowest BCUT2D eigenvalue weighted by atomic mass is 10.3. The molecule has 0 aliphatic carbocycles. The van der Waals surface area contributed by atoms with Crippen LogP contribution in [0.3, 0.4) is 0 Å². The molecule has 0 spiro atoms. The summed E-state index contributed by atoms with van der Waals surface area (Å²) in [6.07, 6.45) is 4.97. The number of nitrogens with zero attached hydrogens (tertiary/aromatic N) is 2. The Hall–Kier alpha value is -1.62. The van der Waals surface area contributed by atoms with Crippen molar-refractivity contribution in [3.8, 4) is 0 Å². The minimum atomic E-state index is -0.887. The predicted molar refractivity (Wildman–Crippen MR) is 51.9 cm³/mol. The van der Waals surface area contributed by atoms with Gasteiger partial charge >= 0.3 is 5.97 Å². The number of rotatable bonds is 6. The summed E-state index contributed by atoms with van der Waals surface area (Å²) in [6.45, 7) is 4.30. The van der Waals surface area contributed by atoms with Crippen LogP contribution in [0.25, 0.3) is 0 Å². The second-order valence-electron chi connectivity index (χ2n) is 2.82. The third-order valence-electron chi connectivity index (χ3n) is 1.74. The Kier molecular flexibility index (Phi) is 3.87. The van der Waals surface area contributed by atoms with Crippen LogP contribution in [0, 0.1) is 0 Å². The molecule has 5 nitrogen and oxygen atoms in total. The number of aliphatic carboxylic acids is 1. The molecule has 76 valence electrons. The van der Waals surface area contributed by atoms with Crippen molar-refractivity contribution in [3.05, 3.63) is 31.1 Å². The van der Waals surface area contributed by atoms with Crippen LogP contribution < -0.4 is 5.32 Å². The highest BCUT2D eigenvalue weighted by Gasteiger charge is 2.16. The first-order chi connectivity index (χ1) is 6.74. The monoisotopic (exact) mass is 195 g/mol. The lowest BCUT2D eigenvalue weighted by molar-refractivity contribution is -0.139. The second kappa shape index (κ2) is 5.18. The van der Waals surface area contributed by atoms with Gasteiger partial charge in [-0.3, -0.25) is 14.8 Å².